The van der Waals surface area contributed by atoms with Crippen LogP contribution in [0.1, 0.15) is 113 Å². The molecule has 2 bridgehead atoms. The van der Waals surface area contributed by atoms with Crippen molar-refractivity contribution < 1.29 is 77.6 Å². The SMILES string of the molecule is CO[C@H]1C[C@H](O[C@H]2[C@H](C)O[C@@H](O[C@@H]3/C(C)=C/C[C@@H]4C[C@@H](C[C@]5(C=CC(C)(C)[C@@H](C6CCCCC6)O5)O4)OC(=O)[C@@H]4C=C(C)C(O)[C@H]5OC(OO)C(=C/C=C/[C@@H]3C)[C@]54O)C[C@@H]2OC)O[C@@H](C)C1O. The summed E-state index contributed by atoms with van der Waals surface area (Å²) in [6.07, 6.45) is 9.99. The molecule has 6 heterocycles. The van der Waals surface area contributed by atoms with Crippen molar-refractivity contribution in [1.29, 1.82) is 0 Å². The molecule has 0 aromatic heterocycles. The molecule has 8 rings (SSSR count). The minimum absolute atomic E-state index is 0.0449. The molecule has 4 saturated heterocycles. The van der Waals surface area contributed by atoms with Gasteiger partial charge in [-0.05, 0) is 70.1 Å². The maximum absolute atomic E-state index is 14.6. The van der Waals surface area contributed by atoms with Crippen LogP contribution in [-0.4, -0.2) is 144 Å². The molecule has 4 N–H and O–H groups in total. The number of hydrogen-bond donors (Lipinski definition) is 4. The molecule has 67 heavy (non-hydrogen) atoms. The van der Waals surface area contributed by atoms with Crippen LogP contribution < -0.4 is 0 Å². The second-order valence-corrected chi connectivity index (χ2v) is 21.1. The second-order valence-electron chi connectivity index (χ2n) is 21.1. The molecule has 16 nitrogen and oxygen atoms in total. The normalized spacial score (nSPS) is 47.6. The summed E-state index contributed by atoms with van der Waals surface area (Å²) in [5.74, 6) is -3.15. The predicted molar refractivity (Wildman–Crippen MR) is 242 cm³/mol. The number of hydrogen-bond acceptors (Lipinski definition) is 16. The number of allylic oxidation sites excluding steroid dienone is 2. The van der Waals surface area contributed by atoms with Gasteiger partial charge in [0.1, 0.15) is 42.0 Å². The number of rotatable bonds is 8. The molecule has 1 saturated carbocycles. The van der Waals surface area contributed by atoms with Crippen molar-refractivity contribution in [2.75, 3.05) is 14.2 Å². The highest BCUT2D eigenvalue weighted by molar-refractivity contribution is 5.78. The van der Waals surface area contributed by atoms with Crippen molar-refractivity contribution in [2.45, 2.75) is 216 Å². The van der Waals surface area contributed by atoms with Crippen LogP contribution in [-0.2, 0) is 57.1 Å². The average Bonchev–Trinajstić information content (AvgIpc) is 3.60. The molecule has 0 aromatic carbocycles. The Morgan fingerprint density at radius 3 is 2.22 bits per heavy atom. The zero-order chi connectivity index (χ0) is 48.0. The van der Waals surface area contributed by atoms with Gasteiger partial charge in [-0.15, -0.1) is 0 Å². The lowest BCUT2D eigenvalue weighted by atomic mass is 9.70. The van der Waals surface area contributed by atoms with Crippen molar-refractivity contribution in [3.8, 4) is 0 Å². The highest BCUT2D eigenvalue weighted by Gasteiger charge is 2.64. The van der Waals surface area contributed by atoms with Crippen LogP contribution in [0.3, 0.4) is 0 Å². The van der Waals surface area contributed by atoms with E-state index in [-0.39, 0.29) is 29.4 Å². The van der Waals surface area contributed by atoms with E-state index in [1.807, 2.05) is 32.9 Å². The zero-order valence-corrected chi connectivity index (χ0v) is 40.7. The molecule has 8 aliphatic rings. The van der Waals surface area contributed by atoms with Gasteiger partial charge in [0.2, 0.25) is 6.29 Å². The van der Waals surface area contributed by atoms with Gasteiger partial charge in [-0.3, -0.25) is 4.79 Å². The third-order valence-corrected chi connectivity index (χ3v) is 15.8. The number of carbonyl (C=O) groups excluding carboxylic acids is 1. The van der Waals surface area contributed by atoms with Crippen molar-refractivity contribution in [3.63, 3.8) is 0 Å². The van der Waals surface area contributed by atoms with Gasteiger partial charge in [0.25, 0.3) is 0 Å². The Labute approximate surface area is 395 Å². The molecule has 19 atom stereocenters. The number of carbonyl (C=O) groups is 1. The lowest BCUT2D eigenvalue weighted by Gasteiger charge is -2.51. The lowest BCUT2D eigenvalue weighted by molar-refractivity contribution is -0.333. The molecule has 376 valence electrons. The molecule has 6 aliphatic heterocycles. The minimum Gasteiger partial charge on any atom is -0.462 e. The number of aliphatic hydroxyl groups is 3. The second kappa shape index (κ2) is 20.8. The van der Waals surface area contributed by atoms with Crippen LogP contribution in [0.25, 0.3) is 0 Å². The van der Waals surface area contributed by atoms with Gasteiger partial charge in [0.05, 0.1) is 42.7 Å². The van der Waals surface area contributed by atoms with E-state index in [0.29, 0.717) is 37.2 Å². The Hall–Kier alpha value is -2.39. The van der Waals surface area contributed by atoms with Crippen LogP contribution in [0.15, 0.2) is 59.3 Å². The largest absolute Gasteiger partial charge is 0.462 e. The van der Waals surface area contributed by atoms with E-state index in [1.54, 1.807) is 40.2 Å². The Balaban J connectivity index is 1.11. The first-order chi connectivity index (χ1) is 31.9. The Morgan fingerprint density at radius 2 is 1.51 bits per heavy atom. The van der Waals surface area contributed by atoms with Crippen LogP contribution in [0, 0.1) is 23.2 Å². The molecule has 1 spiro atoms. The van der Waals surface area contributed by atoms with E-state index >= 15 is 0 Å². The van der Waals surface area contributed by atoms with Gasteiger partial charge >= 0.3 is 5.97 Å². The summed E-state index contributed by atoms with van der Waals surface area (Å²) >= 11 is 0. The first-order valence-corrected chi connectivity index (χ1v) is 24.6. The van der Waals surface area contributed by atoms with Gasteiger partial charge in [-0.25, -0.2) is 10.1 Å². The van der Waals surface area contributed by atoms with E-state index in [4.69, 9.17) is 52.3 Å². The van der Waals surface area contributed by atoms with Crippen LogP contribution >= 0.6 is 0 Å². The molecule has 5 fully saturated rings. The highest BCUT2D eigenvalue weighted by Crippen LogP contribution is 2.51. The third kappa shape index (κ3) is 10.4. The first kappa shape index (κ1) is 51.0. The van der Waals surface area contributed by atoms with Crippen LogP contribution in [0.4, 0.5) is 0 Å². The van der Waals surface area contributed by atoms with E-state index in [9.17, 15) is 25.4 Å². The molecule has 3 unspecified atom stereocenters. The quantitative estimate of drug-likeness (QED) is 0.0939. The highest BCUT2D eigenvalue weighted by atomic mass is 17.1. The Morgan fingerprint density at radius 1 is 0.806 bits per heavy atom. The fourth-order valence-corrected chi connectivity index (χ4v) is 12.0. The van der Waals surface area contributed by atoms with E-state index < -0.39 is 109 Å². The molecule has 16 heteroatoms. The van der Waals surface area contributed by atoms with Crippen molar-refractivity contribution >= 4 is 5.97 Å². The van der Waals surface area contributed by atoms with Crippen LogP contribution in [0.2, 0.25) is 0 Å². The number of esters is 1. The maximum Gasteiger partial charge on any atom is 0.316 e. The lowest BCUT2D eigenvalue weighted by Crippen LogP contribution is -2.58. The fourth-order valence-electron chi connectivity index (χ4n) is 12.0. The summed E-state index contributed by atoms with van der Waals surface area (Å²) in [5, 5.41) is 44.7. The molecule has 0 radical (unpaired) electrons. The monoisotopic (exact) mass is 945 g/mol. The smallest absolute Gasteiger partial charge is 0.316 e. The molecular formula is C51H76O16. The van der Waals surface area contributed by atoms with Crippen LogP contribution in [0.5, 0.6) is 0 Å². The minimum atomic E-state index is -2.15. The summed E-state index contributed by atoms with van der Waals surface area (Å²) in [6.45, 7) is 13.8. The predicted octanol–water partition coefficient (Wildman–Crippen LogP) is 6.12. The van der Waals surface area contributed by atoms with Gasteiger partial charge in [-0.1, -0.05) is 76.5 Å². The number of ether oxygens (including phenoxy) is 10. The zero-order valence-electron chi connectivity index (χ0n) is 40.7. The van der Waals surface area contributed by atoms with Gasteiger partial charge < -0.3 is 62.7 Å². The average molecular weight is 945 g/mol. The molecular weight excluding hydrogens is 869 g/mol. The Kier molecular flexibility index (Phi) is 15.8. The van der Waals surface area contributed by atoms with E-state index in [2.05, 4.69) is 26.0 Å². The summed E-state index contributed by atoms with van der Waals surface area (Å²) in [5.41, 5.74) is -1.04. The molecule has 0 amide bonds. The number of methoxy groups -OCH3 is 2. The maximum atomic E-state index is 14.6. The third-order valence-electron chi connectivity index (χ3n) is 15.8. The molecule has 2 aliphatic carbocycles. The van der Waals surface area contributed by atoms with Crippen molar-refractivity contribution in [2.24, 2.45) is 23.2 Å². The van der Waals surface area contributed by atoms with Crippen molar-refractivity contribution in [1.82, 2.24) is 0 Å². The van der Waals surface area contributed by atoms with Gasteiger partial charge in [-0.2, -0.15) is 0 Å². The number of fused-ring (bicyclic) bond motifs is 2. The summed E-state index contributed by atoms with van der Waals surface area (Å²) in [4.78, 5) is 19.3. The van der Waals surface area contributed by atoms with E-state index in [1.165, 1.54) is 12.5 Å². The summed E-state index contributed by atoms with van der Waals surface area (Å²) in [6, 6.07) is 0. The number of aliphatic hydroxyl groups excluding tert-OH is 2. The van der Waals surface area contributed by atoms with Gasteiger partial charge in [0, 0.05) is 56.8 Å². The van der Waals surface area contributed by atoms with Gasteiger partial charge in [0.15, 0.2) is 18.4 Å². The van der Waals surface area contributed by atoms with E-state index in [0.717, 1.165) is 31.3 Å². The summed E-state index contributed by atoms with van der Waals surface area (Å²) < 4.78 is 64.1. The Bertz CT molecular complexity index is 1890. The summed E-state index contributed by atoms with van der Waals surface area (Å²) in [7, 11) is 3.19. The molecule has 0 aromatic rings. The first-order valence-electron chi connectivity index (χ1n) is 24.6. The standard InChI is InChI=1S/C51H76O16/c1-27-14-13-17-35-48(67-56)64-46-41(52)29(3)22-36(51(35,46)55)47(54)61-34-23-33(65-50(26-34)21-20-49(6,7)45(66-50)32-15-11-10-12-16-32)19-18-28(2)43(27)62-40-25-38(58-9)44(31(5)60-40)63-39-24-37(57-8)42(53)30(4)59-39/h13-14,17-18,20-22,27,30-34,36-46,48,52-53,55-56H,10-12,15-16,19,23-26H2,1-9H3/b14-13+,28-18+,35-17?/t27-,30-,31-,33+,34-,36-,37-,38-,39-,40-,41?,42?,43-,44-,45+,46+,48?,50+,51+/m0/s1. The fraction of sp³-hybridized carbons (Fsp3) is 0.784. The topological polar surface area (TPSA) is 200 Å². The van der Waals surface area contributed by atoms with Crippen molar-refractivity contribution in [3.05, 3.63) is 59.3 Å².